The van der Waals surface area contributed by atoms with Gasteiger partial charge in [0.25, 0.3) is 0 Å². The molecule has 1 atom stereocenters. The Kier molecular flexibility index (Phi) is 58.4. The van der Waals surface area contributed by atoms with Crippen molar-refractivity contribution in [3.8, 4) is 0 Å². The predicted molar refractivity (Wildman–Crippen MR) is 325 cm³/mol. The van der Waals surface area contributed by atoms with Gasteiger partial charge in [0.05, 0.1) is 0 Å². The zero-order valence-electron chi connectivity index (χ0n) is 48.5. The number of rotatable bonds is 54. The first-order chi connectivity index (χ1) is 37.0. The number of unbranched alkanes of at least 4 members (excludes halogenated alkanes) is 21. The summed E-state index contributed by atoms with van der Waals surface area (Å²) in [5, 5.41) is 0. The summed E-state index contributed by atoms with van der Waals surface area (Å²) in [7, 11) is 0. The van der Waals surface area contributed by atoms with Crippen molar-refractivity contribution in [1.82, 2.24) is 0 Å². The van der Waals surface area contributed by atoms with E-state index in [0.29, 0.717) is 19.3 Å². The highest BCUT2D eigenvalue weighted by molar-refractivity contribution is 5.71. The Morgan fingerprint density at radius 2 is 0.520 bits per heavy atom. The third kappa shape index (κ3) is 60.3. The zero-order chi connectivity index (χ0) is 54.3. The third-order valence-electron chi connectivity index (χ3n) is 12.6. The summed E-state index contributed by atoms with van der Waals surface area (Å²) in [4.78, 5) is 38.0. The lowest BCUT2D eigenvalue weighted by Crippen LogP contribution is -2.30. The summed E-state index contributed by atoms with van der Waals surface area (Å²) in [5.41, 5.74) is 0. The van der Waals surface area contributed by atoms with Gasteiger partial charge < -0.3 is 14.2 Å². The molecule has 0 bridgehead atoms. The quantitative estimate of drug-likeness (QED) is 0.0261. The first-order valence-electron chi connectivity index (χ1n) is 30.7. The van der Waals surface area contributed by atoms with Crippen LogP contribution in [0.1, 0.15) is 265 Å². The first-order valence-corrected chi connectivity index (χ1v) is 30.7. The topological polar surface area (TPSA) is 78.9 Å². The number of ether oxygens (including phenoxy) is 3. The van der Waals surface area contributed by atoms with E-state index in [1.54, 1.807) is 0 Å². The molecule has 0 fully saturated rings. The minimum absolute atomic E-state index is 0.0896. The van der Waals surface area contributed by atoms with Crippen molar-refractivity contribution in [3.63, 3.8) is 0 Å². The highest BCUT2D eigenvalue weighted by Gasteiger charge is 2.19. The van der Waals surface area contributed by atoms with Gasteiger partial charge in [-0.05, 0) is 122 Å². The number of carbonyl (C=O) groups excluding carboxylic acids is 3. The summed E-state index contributed by atoms with van der Waals surface area (Å²) in [6.07, 6.45) is 87.6. The molecule has 0 N–H and O–H groups in total. The van der Waals surface area contributed by atoms with E-state index in [1.807, 2.05) is 0 Å². The molecular weight excluding hydrogens is 925 g/mol. The van der Waals surface area contributed by atoms with Crippen LogP contribution in [0.4, 0.5) is 0 Å². The summed E-state index contributed by atoms with van der Waals surface area (Å²) < 4.78 is 16.8. The Bertz CT molecular complexity index is 1620. The molecule has 0 amide bonds. The Morgan fingerprint density at radius 1 is 0.280 bits per heavy atom. The van der Waals surface area contributed by atoms with E-state index in [9.17, 15) is 14.4 Å². The summed E-state index contributed by atoms with van der Waals surface area (Å²) in [6, 6.07) is 0. The molecule has 0 rings (SSSR count). The van der Waals surface area contributed by atoms with Crippen LogP contribution < -0.4 is 0 Å². The molecule has 0 spiro atoms. The fourth-order valence-electron chi connectivity index (χ4n) is 8.05. The third-order valence-corrected chi connectivity index (χ3v) is 12.6. The molecule has 0 aromatic heterocycles. The van der Waals surface area contributed by atoms with Gasteiger partial charge in [-0.15, -0.1) is 0 Å². The van der Waals surface area contributed by atoms with E-state index in [1.165, 1.54) is 77.0 Å². The average molecular weight is 1040 g/mol. The molecule has 0 radical (unpaired) electrons. The van der Waals surface area contributed by atoms with Gasteiger partial charge in [-0.3, -0.25) is 14.4 Å². The molecule has 0 heterocycles. The molecule has 0 aliphatic heterocycles. The van der Waals surface area contributed by atoms with Crippen LogP contribution in [0.25, 0.3) is 0 Å². The first kappa shape index (κ1) is 70.5. The van der Waals surface area contributed by atoms with E-state index in [0.717, 1.165) is 148 Å². The minimum Gasteiger partial charge on any atom is -0.462 e. The van der Waals surface area contributed by atoms with Crippen molar-refractivity contribution in [1.29, 1.82) is 0 Å². The SMILES string of the molecule is CC/C=C\C/C=C\C/C=C\C/C=C\C/C=C\C/C=C\C/C=C\C/C=C\C/C=C\CCCCCCCC(=O)OCC(COC(=O)CCCCCCCCC)OC(=O)CCCCCCCCC/C=C\C/C=C\CCCCC. The van der Waals surface area contributed by atoms with E-state index in [4.69, 9.17) is 14.2 Å². The molecule has 0 aromatic carbocycles. The van der Waals surface area contributed by atoms with Crippen molar-refractivity contribution in [2.24, 2.45) is 0 Å². The normalized spacial score (nSPS) is 13.1. The van der Waals surface area contributed by atoms with E-state index in [2.05, 4.69) is 154 Å². The lowest BCUT2D eigenvalue weighted by Gasteiger charge is -2.18. The number of carbonyl (C=O) groups is 3. The lowest BCUT2D eigenvalue weighted by atomic mass is 10.1. The van der Waals surface area contributed by atoms with Crippen molar-refractivity contribution in [2.45, 2.75) is 271 Å². The van der Waals surface area contributed by atoms with Gasteiger partial charge in [-0.2, -0.15) is 0 Å². The summed E-state index contributed by atoms with van der Waals surface area (Å²) in [5.74, 6) is -0.926. The summed E-state index contributed by atoms with van der Waals surface area (Å²) >= 11 is 0. The molecule has 0 saturated heterocycles. The van der Waals surface area contributed by atoms with Crippen molar-refractivity contribution < 1.29 is 28.6 Å². The molecule has 424 valence electrons. The maximum absolute atomic E-state index is 12.8. The van der Waals surface area contributed by atoms with E-state index < -0.39 is 6.10 Å². The predicted octanol–water partition coefficient (Wildman–Crippen LogP) is 21.0. The van der Waals surface area contributed by atoms with Gasteiger partial charge in [-0.25, -0.2) is 0 Å². The van der Waals surface area contributed by atoms with Gasteiger partial charge >= 0.3 is 17.9 Å². The second kappa shape index (κ2) is 62.1. The molecule has 0 saturated carbocycles. The van der Waals surface area contributed by atoms with Crippen LogP contribution in [0, 0.1) is 0 Å². The standard InChI is InChI=1S/C69H112O6/c1-4-7-10-13-16-18-20-22-24-26-27-28-29-30-31-32-33-34-35-36-37-38-39-40-41-43-44-46-48-50-53-56-59-62-68(71)74-65-66(64-73-67(70)61-58-55-52-15-12-9-6-3)75-69(72)63-60-57-54-51-49-47-45-42-25-23-21-19-17-14-11-8-5-2/h7,10,16-19,22-25,27-28,30-31,33-34,36-37,39-40,43-44,66H,4-6,8-9,11-15,20-21,26,29,32,35,38,41-42,45-65H2,1-3H3/b10-7-,18-16-,19-17-,24-22-,25-23-,28-27-,31-30-,34-33-,37-36-,40-39-,44-43-. The molecule has 75 heavy (non-hydrogen) atoms. The Hall–Kier alpha value is -4.45. The minimum atomic E-state index is -0.791. The molecule has 6 heteroatoms. The van der Waals surface area contributed by atoms with Crippen molar-refractivity contribution >= 4 is 17.9 Å². The van der Waals surface area contributed by atoms with E-state index in [-0.39, 0.29) is 31.1 Å². The van der Waals surface area contributed by atoms with Gasteiger partial charge in [0.15, 0.2) is 6.10 Å². The number of hydrogen-bond donors (Lipinski definition) is 0. The highest BCUT2D eigenvalue weighted by Crippen LogP contribution is 2.14. The van der Waals surface area contributed by atoms with Crippen LogP contribution in [-0.4, -0.2) is 37.2 Å². The van der Waals surface area contributed by atoms with Crippen LogP contribution >= 0.6 is 0 Å². The number of hydrogen-bond acceptors (Lipinski definition) is 6. The average Bonchev–Trinajstić information content (AvgIpc) is 3.41. The van der Waals surface area contributed by atoms with Crippen LogP contribution in [-0.2, 0) is 28.6 Å². The van der Waals surface area contributed by atoms with Gasteiger partial charge in [0.1, 0.15) is 13.2 Å². The maximum atomic E-state index is 12.8. The van der Waals surface area contributed by atoms with Gasteiger partial charge in [-0.1, -0.05) is 257 Å². The molecule has 0 aromatic rings. The smallest absolute Gasteiger partial charge is 0.306 e. The molecule has 0 aliphatic carbocycles. The van der Waals surface area contributed by atoms with Crippen LogP contribution in [0.3, 0.4) is 0 Å². The monoisotopic (exact) mass is 1040 g/mol. The number of esters is 3. The van der Waals surface area contributed by atoms with Gasteiger partial charge in [0, 0.05) is 19.3 Å². The fourth-order valence-corrected chi connectivity index (χ4v) is 8.05. The van der Waals surface area contributed by atoms with Crippen LogP contribution in [0.15, 0.2) is 134 Å². The van der Waals surface area contributed by atoms with E-state index >= 15 is 0 Å². The Balaban J connectivity index is 4.21. The van der Waals surface area contributed by atoms with Crippen molar-refractivity contribution in [3.05, 3.63) is 134 Å². The van der Waals surface area contributed by atoms with Gasteiger partial charge in [0.2, 0.25) is 0 Å². The number of allylic oxidation sites excluding steroid dienone is 22. The van der Waals surface area contributed by atoms with Crippen molar-refractivity contribution in [2.75, 3.05) is 13.2 Å². The second-order valence-electron chi connectivity index (χ2n) is 19.9. The molecule has 0 aliphatic rings. The summed E-state index contributed by atoms with van der Waals surface area (Å²) in [6.45, 7) is 6.43. The molecule has 6 nitrogen and oxygen atoms in total. The molecular formula is C69H112O6. The Morgan fingerprint density at radius 3 is 0.840 bits per heavy atom. The highest BCUT2D eigenvalue weighted by atomic mass is 16.6. The Labute approximate surface area is 462 Å². The molecule has 1 unspecified atom stereocenters. The fraction of sp³-hybridized carbons (Fsp3) is 0.638. The second-order valence-corrected chi connectivity index (χ2v) is 19.9. The largest absolute Gasteiger partial charge is 0.462 e. The van der Waals surface area contributed by atoms with Crippen LogP contribution in [0.5, 0.6) is 0 Å². The maximum Gasteiger partial charge on any atom is 0.306 e. The zero-order valence-corrected chi connectivity index (χ0v) is 48.5. The lowest BCUT2D eigenvalue weighted by molar-refractivity contribution is -0.167. The van der Waals surface area contributed by atoms with Crippen LogP contribution in [0.2, 0.25) is 0 Å².